The Balaban J connectivity index is 6.06. The molecule has 0 saturated carbocycles. The minimum Gasteiger partial charge on any atom is -0.392 e. The minimum absolute atomic E-state index is 0.0966. The Kier molecular flexibility index (Phi) is 79.5. The zero-order valence-electron chi connectivity index (χ0n) is 71.2. The number of nitrogens with one attached hydrogen (secondary N) is 3. The van der Waals surface area contributed by atoms with E-state index >= 15 is 0 Å². The van der Waals surface area contributed by atoms with E-state index in [0.29, 0.717) is 117 Å². The molecule has 0 aromatic rings. The van der Waals surface area contributed by atoms with Crippen molar-refractivity contribution in [3.63, 3.8) is 0 Å². The Morgan fingerprint density at radius 2 is 0.358 bits per heavy atom. The van der Waals surface area contributed by atoms with Gasteiger partial charge in [0.1, 0.15) is 0 Å². The zero-order valence-corrected chi connectivity index (χ0v) is 71.2. The molecule has 16 nitrogen and oxygen atoms in total. The molecule has 0 fully saturated rings. The largest absolute Gasteiger partial charge is 0.392 e. The first kappa shape index (κ1) is 104. The third kappa shape index (κ3) is 74.7. The standard InChI is InChI=1S/C90H183N7O9/c1-7-13-19-25-31-37-43-49-58-82(98)76-95(77-83(99)59-50-44-38-32-26-20-14-8-2)70-55-67-91-88(104)64-73-94(74-65-89(105)92-68-56-71-96(78-84(100)60-51-45-39-33-27-21-15-9-3)79-85(101)61-52-46-40-34-28-22-16-10-4)75-66-90(106)93-69-57-72-97(80-86(102)62-53-47-41-35-29-23-17-11-5)81-87(103)63-54-48-42-36-30-24-18-12-6/h82-87,98-103H,7-81H2,1-6H3,(H,91,104)(H,92,105)(H,93,106). The highest BCUT2D eigenvalue weighted by Crippen LogP contribution is 2.19. The molecule has 632 valence electrons. The molecule has 6 atom stereocenters. The van der Waals surface area contributed by atoms with E-state index in [0.717, 1.165) is 116 Å². The van der Waals surface area contributed by atoms with Gasteiger partial charge in [-0.2, -0.15) is 0 Å². The number of unbranched alkanes of at least 4 members (excludes halogenated alkanes) is 42. The molecule has 0 aromatic carbocycles. The van der Waals surface area contributed by atoms with Gasteiger partial charge < -0.3 is 51.5 Å². The molecule has 6 unspecified atom stereocenters. The van der Waals surface area contributed by atoms with Crippen LogP contribution in [0.4, 0.5) is 0 Å². The Bertz CT molecular complexity index is 1540. The van der Waals surface area contributed by atoms with Crippen molar-refractivity contribution in [2.45, 2.75) is 463 Å². The monoisotopic (exact) mass is 1510 g/mol. The van der Waals surface area contributed by atoms with Crippen LogP contribution in [0.1, 0.15) is 427 Å². The summed E-state index contributed by atoms with van der Waals surface area (Å²) in [4.78, 5) is 49.6. The van der Waals surface area contributed by atoms with Crippen molar-refractivity contribution in [2.24, 2.45) is 0 Å². The van der Waals surface area contributed by atoms with E-state index < -0.39 is 36.6 Å². The molecule has 0 aliphatic rings. The maximum atomic E-state index is 13.7. The van der Waals surface area contributed by atoms with Crippen LogP contribution in [-0.2, 0) is 14.4 Å². The fourth-order valence-electron chi connectivity index (χ4n) is 15.2. The molecule has 0 heterocycles. The van der Waals surface area contributed by atoms with Crippen LogP contribution in [0.2, 0.25) is 0 Å². The van der Waals surface area contributed by atoms with E-state index in [4.69, 9.17) is 0 Å². The number of hydrogen-bond donors (Lipinski definition) is 9. The number of rotatable bonds is 87. The van der Waals surface area contributed by atoms with Crippen molar-refractivity contribution in [1.29, 1.82) is 0 Å². The molecule has 0 bridgehead atoms. The lowest BCUT2D eigenvalue weighted by Gasteiger charge is -2.28. The first-order valence-electron chi connectivity index (χ1n) is 46.5. The Labute approximate surface area is 656 Å². The van der Waals surface area contributed by atoms with Crippen LogP contribution in [-0.4, -0.2) is 203 Å². The number of amides is 3. The van der Waals surface area contributed by atoms with Crippen LogP contribution in [0.15, 0.2) is 0 Å². The smallest absolute Gasteiger partial charge is 0.221 e. The fourth-order valence-corrected chi connectivity index (χ4v) is 15.2. The Morgan fingerprint density at radius 1 is 0.208 bits per heavy atom. The summed E-state index contributed by atoms with van der Waals surface area (Å²) in [5.41, 5.74) is 0. The van der Waals surface area contributed by atoms with Gasteiger partial charge in [-0.3, -0.25) is 29.1 Å². The van der Waals surface area contributed by atoms with Crippen LogP contribution >= 0.6 is 0 Å². The normalized spacial score (nSPS) is 13.7. The van der Waals surface area contributed by atoms with Crippen molar-refractivity contribution in [3.8, 4) is 0 Å². The van der Waals surface area contributed by atoms with Crippen molar-refractivity contribution in [1.82, 2.24) is 35.6 Å². The fraction of sp³-hybridized carbons (Fsp3) is 0.967. The number of hydrogen-bond acceptors (Lipinski definition) is 13. The third-order valence-electron chi connectivity index (χ3n) is 22.0. The molecule has 0 saturated heterocycles. The summed E-state index contributed by atoms with van der Waals surface area (Å²) < 4.78 is 0. The zero-order chi connectivity index (χ0) is 77.7. The van der Waals surface area contributed by atoms with Gasteiger partial charge >= 0.3 is 0 Å². The van der Waals surface area contributed by atoms with Gasteiger partial charge in [-0.05, 0) is 57.8 Å². The first-order chi connectivity index (χ1) is 51.7. The SMILES string of the molecule is CCCCCCCCCCC(O)CN(CCCNC(=O)CCN(CCC(=O)NCCCN(CC(O)CCCCCCCCCC)CC(O)CCCCCCCCCC)CCC(=O)NCCCN(CC(O)CCCCCCCCCC)CC(O)CCCCCCCCCC)CC(O)CCCCCCCCCC. The van der Waals surface area contributed by atoms with E-state index in [9.17, 15) is 45.0 Å². The molecular weight excluding hydrogens is 1320 g/mol. The van der Waals surface area contributed by atoms with Crippen LogP contribution in [0, 0.1) is 0 Å². The Hall–Kier alpha value is -1.99. The van der Waals surface area contributed by atoms with Crippen molar-refractivity contribution >= 4 is 17.7 Å². The average Bonchev–Trinajstić information content (AvgIpc) is 0.983. The molecule has 9 N–H and O–H groups in total. The molecule has 0 radical (unpaired) electrons. The molecular formula is C90H183N7O9. The van der Waals surface area contributed by atoms with Gasteiger partial charge in [-0.1, -0.05) is 350 Å². The molecule has 16 heteroatoms. The molecule has 0 rings (SSSR count). The molecule has 0 aliphatic heterocycles. The maximum Gasteiger partial charge on any atom is 0.221 e. The predicted octanol–water partition coefficient (Wildman–Crippen LogP) is 19.2. The topological polar surface area (TPSA) is 222 Å². The molecule has 0 spiro atoms. The maximum absolute atomic E-state index is 13.7. The highest BCUT2D eigenvalue weighted by atomic mass is 16.3. The number of nitrogens with zero attached hydrogens (tertiary/aromatic N) is 4. The van der Waals surface area contributed by atoms with Gasteiger partial charge in [0.2, 0.25) is 17.7 Å². The first-order valence-corrected chi connectivity index (χ1v) is 46.5. The highest BCUT2D eigenvalue weighted by molar-refractivity contribution is 5.77. The summed E-state index contributed by atoms with van der Waals surface area (Å²) in [5.74, 6) is -0.290. The van der Waals surface area contributed by atoms with Crippen LogP contribution in [0.5, 0.6) is 0 Å². The minimum atomic E-state index is -0.466. The molecule has 106 heavy (non-hydrogen) atoms. The van der Waals surface area contributed by atoms with E-state index in [1.165, 1.54) is 231 Å². The lowest BCUT2D eigenvalue weighted by Crippen LogP contribution is -2.40. The van der Waals surface area contributed by atoms with Gasteiger partial charge in [0.25, 0.3) is 0 Å². The predicted molar refractivity (Wildman–Crippen MR) is 452 cm³/mol. The van der Waals surface area contributed by atoms with E-state index in [1.54, 1.807) is 0 Å². The van der Waals surface area contributed by atoms with Crippen LogP contribution < -0.4 is 16.0 Å². The van der Waals surface area contributed by atoms with E-state index in [-0.39, 0.29) is 37.0 Å². The summed E-state index contributed by atoms with van der Waals surface area (Å²) in [6.45, 7) is 21.0. The second-order valence-corrected chi connectivity index (χ2v) is 33.0. The Morgan fingerprint density at radius 3 is 0.519 bits per heavy atom. The molecule has 0 aromatic heterocycles. The van der Waals surface area contributed by atoms with Crippen LogP contribution in [0.25, 0.3) is 0 Å². The second-order valence-electron chi connectivity index (χ2n) is 33.0. The van der Waals surface area contributed by atoms with E-state index in [2.05, 4.69) is 77.1 Å². The quantitative estimate of drug-likeness (QED) is 0.0259. The number of carbonyl (C=O) groups is 3. The van der Waals surface area contributed by atoms with Gasteiger partial charge in [-0.15, -0.1) is 0 Å². The number of aliphatic hydroxyl groups is 6. The number of carbonyl (C=O) groups excluding carboxylic acids is 3. The van der Waals surface area contributed by atoms with Gasteiger partial charge in [0, 0.05) is 117 Å². The summed E-state index contributed by atoms with van der Waals surface area (Å²) in [6.07, 6.45) is 62.8. The number of aliphatic hydroxyl groups excluding tert-OH is 6. The molecule has 3 amide bonds. The molecule has 0 aliphatic carbocycles. The summed E-state index contributed by atoms with van der Waals surface area (Å²) in [5, 5.41) is 76.9. The lowest BCUT2D eigenvalue weighted by molar-refractivity contribution is -0.121. The van der Waals surface area contributed by atoms with Gasteiger partial charge in [-0.25, -0.2) is 0 Å². The van der Waals surface area contributed by atoms with Crippen molar-refractivity contribution in [3.05, 3.63) is 0 Å². The van der Waals surface area contributed by atoms with Crippen LogP contribution in [0.3, 0.4) is 0 Å². The van der Waals surface area contributed by atoms with Crippen molar-refractivity contribution in [2.75, 3.05) is 98.2 Å². The van der Waals surface area contributed by atoms with Crippen molar-refractivity contribution < 1.29 is 45.0 Å². The highest BCUT2D eigenvalue weighted by Gasteiger charge is 2.21. The van der Waals surface area contributed by atoms with Gasteiger partial charge in [0.05, 0.1) is 36.6 Å². The lowest BCUT2D eigenvalue weighted by atomic mass is 10.0. The van der Waals surface area contributed by atoms with E-state index in [1.807, 2.05) is 0 Å². The summed E-state index contributed by atoms with van der Waals surface area (Å²) in [6, 6.07) is 0. The average molecular weight is 1510 g/mol. The second kappa shape index (κ2) is 81.0. The van der Waals surface area contributed by atoms with Gasteiger partial charge in [0.15, 0.2) is 0 Å². The third-order valence-corrected chi connectivity index (χ3v) is 22.0. The summed E-state index contributed by atoms with van der Waals surface area (Å²) in [7, 11) is 0. The summed E-state index contributed by atoms with van der Waals surface area (Å²) >= 11 is 0.